The molecule has 0 aliphatic carbocycles. The highest BCUT2D eigenvalue weighted by Gasteiger charge is 2.23. The standard InChI is InChI=1S/C13H26N6OS/c1-4-14-5-6-19-13(15-16-17-19)21-10-12-9-18(11(2)3)7-8-20-12/h11-12,14H,4-10H2,1-3H3. The molecule has 1 saturated heterocycles. The molecule has 0 radical (unpaired) electrons. The van der Waals surface area contributed by atoms with E-state index in [1.807, 2.05) is 4.68 Å². The molecule has 1 unspecified atom stereocenters. The highest BCUT2D eigenvalue weighted by atomic mass is 32.2. The van der Waals surface area contributed by atoms with Gasteiger partial charge in [0.1, 0.15) is 0 Å². The van der Waals surface area contributed by atoms with E-state index < -0.39 is 0 Å². The average Bonchev–Trinajstić information content (AvgIpc) is 2.93. The smallest absolute Gasteiger partial charge is 0.209 e. The lowest BCUT2D eigenvalue weighted by Crippen LogP contribution is -2.46. The van der Waals surface area contributed by atoms with Crippen LogP contribution in [-0.4, -0.2) is 75.8 Å². The lowest BCUT2D eigenvalue weighted by Gasteiger charge is -2.35. The molecular weight excluding hydrogens is 288 g/mol. The summed E-state index contributed by atoms with van der Waals surface area (Å²) in [5, 5.41) is 16.1. The molecule has 8 heteroatoms. The zero-order valence-corrected chi connectivity index (χ0v) is 14.0. The van der Waals surface area contributed by atoms with Crippen molar-refractivity contribution in [2.75, 3.05) is 38.5 Å². The molecule has 21 heavy (non-hydrogen) atoms. The first-order valence-electron chi connectivity index (χ1n) is 7.66. The highest BCUT2D eigenvalue weighted by Crippen LogP contribution is 2.19. The second kappa shape index (κ2) is 8.67. The van der Waals surface area contributed by atoms with Gasteiger partial charge in [0.25, 0.3) is 0 Å². The van der Waals surface area contributed by atoms with Gasteiger partial charge in [-0.25, -0.2) is 4.68 Å². The zero-order valence-electron chi connectivity index (χ0n) is 13.2. The molecule has 1 N–H and O–H groups in total. The first kappa shape index (κ1) is 16.7. The van der Waals surface area contributed by atoms with Gasteiger partial charge in [-0.1, -0.05) is 18.7 Å². The summed E-state index contributed by atoms with van der Waals surface area (Å²) in [4.78, 5) is 2.46. The average molecular weight is 314 g/mol. The van der Waals surface area contributed by atoms with Crippen molar-refractivity contribution < 1.29 is 4.74 Å². The molecule has 1 aliphatic rings. The predicted octanol–water partition coefficient (Wildman–Crippen LogP) is 0.484. The molecule has 2 heterocycles. The third-order valence-electron chi connectivity index (χ3n) is 3.55. The van der Waals surface area contributed by atoms with Crippen molar-refractivity contribution in [3.8, 4) is 0 Å². The number of thioether (sulfide) groups is 1. The molecule has 7 nitrogen and oxygen atoms in total. The van der Waals surface area contributed by atoms with E-state index >= 15 is 0 Å². The zero-order chi connectivity index (χ0) is 15.1. The van der Waals surface area contributed by atoms with E-state index in [0.29, 0.717) is 6.04 Å². The van der Waals surface area contributed by atoms with Crippen molar-refractivity contribution in [3.63, 3.8) is 0 Å². The fourth-order valence-electron chi connectivity index (χ4n) is 2.28. The van der Waals surface area contributed by atoms with Gasteiger partial charge in [0.15, 0.2) is 0 Å². The molecule has 1 fully saturated rings. The summed E-state index contributed by atoms with van der Waals surface area (Å²) in [7, 11) is 0. The number of hydrogen-bond donors (Lipinski definition) is 1. The number of hydrogen-bond acceptors (Lipinski definition) is 7. The lowest BCUT2D eigenvalue weighted by molar-refractivity contribution is -0.0265. The quantitative estimate of drug-likeness (QED) is 0.553. The van der Waals surface area contributed by atoms with Crippen LogP contribution in [0.25, 0.3) is 0 Å². The summed E-state index contributed by atoms with van der Waals surface area (Å²) in [6.45, 7) is 12.0. The number of rotatable bonds is 8. The van der Waals surface area contributed by atoms with Crippen LogP contribution in [0.15, 0.2) is 5.16 Å². The summed E-state index contributed by atoms with van der Waals surface area (Å²) in [5.74, 6) is 0.894. The maximum atomic E-state index is 5.84. The Morgan fingerprint density at radius 3 is 3.10 bits per heavy atom. The molecular formula is C13H26N6OS. The molecule has 0 aromatic carbocycles. The van der Waals surface area contributed by atoms with E-state index in [2.05, 4.69) is 46.5 Å². The lowest BCUT2D eigenvalue weighted by atomic mass is 10.2. The van der Waals surface area contributed by atoms with Gasteiger partial charge in [-0.2, -0.15) is 0 Å². The third-order valence-corrected chi connectivity index (χ3v) is 4.64. The Kier molecular flexibility index (Phi) is 6.88. The van der Waals surface area contributed by atoms with Gasteiger partial charge in [-0.3, -0.25) is 4.90 Å². The Morgan fingerprint density at radius 1 is 1.48 bits per heavy atom. The topological polar surface area (TPSA) is 68.1 Å². The molecule has 0 amide bonds. The predicted molar refractivity (Wildman–Crippen MR) is 83.5 cm³/mol. The van der Waals surface area contributed by atoms with E-state index in [4.69, 9.17) is 4.74 Å². The van der Waals surface area contributed by atoms with Crippen molar-refractivity contribution >= 4 is 11.8 Å². The van der Waals surface area contributed by atoms with Crippen LogP contribution in [0.5, 0.6) is 0 Å². The van der Waals surface area contributed by atoms with Crippen molar-refractivity contribution in [2.24, 2.45) is 0 Å². The van der Waals surface area contributed by atoms with Crippen LogP contribution in [-0.2, 0) is 11.3 Å². The van der Waals surface area contributed by atoms with Crippen LogP contribution in [0.2, 0.25) is 0 Å². The van der Waals surface area contributed by atoms with Crippen molar-refractivity contribution in [1.82, 2.24) is 30.4 Å². The van der Waals surface area contributed by atoms with Crippen molar-refractivity contribution in [3.05, 3.63) is 0 Å². The Hall–Kier alpha value is -0.700. The number of nitrogens with zero attached hydrogens (tertiary/aromatic N) is 5. The molecule has 1 aliphatic heterocycles. The fraction of sp³-hybridized carbons (Fsp3) is 0.923. The minimum absolute atomic E-state index is 0.255. The SMILES string of the molecule is CCNCCn1nnnc1SCC1CN(C(C)C)CCO1. The summed E-state index contributed by atoms with van der Waals surface area (Å²) >= 11 is 1.68. The van der Waals surface area contributed by atoms with Crippen molar-refractivity contribution in [1.29, 1.82) is 0 Å². The molecule has 1 aromatic rings. The Bertz CT molecular complexity index is 413. The van der Waals surface area contributed by atoms with Gasteiger partial charge >= 0.3 is 0 Å². The van der Waals surface area contributed by atoms with Crippen LogP contribution >= 0.6 is 11.8 Å². The van der Waals surface area contributed by atoms with Gasteiger partial charge in [0, 0.05) is 31.4 Å². The van der Waals surface area contributed by atoms with E-state index in [1.165, 1.54) is 0 Å². The molecule has 0 saturated carbocycles. The number of aromatic nitrogens is 4. The number of tetrazole rings is 1. The van der Waals surface area contributed by atoms with E-state index in [-0.39, 0.29) is 6.10 Å². The monoisotopic (exact) mass is 314 g/mol. The van der Waals surface area contributed by atoms with Gasteiger partial charge in [-0.05, 0) is 30.8 Å². The normalized spacial score (nSPS) is 20.3. The van der Waals surface area contributed by atoms with Gasteiger partial charge < -0.3 is 10.1 Å². The number of morpholine rings is 1. The summed E-state index contributed by atoms with van der Waals surface area (Å²) in [6.07, 6.45) is 0.255. The maximum absolute atomic E-state index is 5.84. The van der Waals surface area contributed by atoms with Gasteiger partial charge in [0.05, 0.1) is 19.3 Å². The van der Waals surface area contributed by atoms with E-state index in [9.17, 15) is 0 Å². The number of ether oxygens (including phenoxy) is 1. The van der Waals surface area contributed by atoms with Gasteiger partial charge in [0.2, 0.25) is 5.16 Å². The van der Waals surface area contributed by atoms with Crippen LogP contribution in [0.1, 0.15) is 20.8 Å². The number of likely N-dealkylation sites (N-methyl/N-ethyl adjacent to an activating group) is 1. The minimum atomic E-state index is 0.255. The molecule has 0 spiro atoms. The highest BCUT2D eigenvalue weighted by molar-refractivity contribution is 7.99. The third kappa shape index (κ3) is 5.21. The molecule has 2 rings (SSSR count). The fourth-order valence-corrected chi connectivity index (χ4v) is 3.19. The number of nitrogens with one attached hydrogen (secondary N) is 1. The first-order chi connectivity index (χ1) is 10.2. The maximum Gasteiger partial charge on any atom is 0.209 e. The molecule has 0 bridgehead atoms. The van der Waals surface area contributed by atoms with Crippen LogP contribution in [0.4, 0.5) is 0 Å². The minimum Gasteiger partial charge on any atom is -0.375 e. The van der Waals surface area contributed by atoms with E-state index in [1.54, 1.807) is 11.8 Å². The Balaban J connectivity index is 1.78. The van der Waals surface area contributed by atoms with E-state index in [0.717, 1.165) is 50.2 Å². The largest absolute Gasteiger partial charge is 0.375 e. The van der Waals surface area contributed by atoms with Crippen molar-refractivity contribution in [2.45, 2.75) is 44.6 Å². The molecule has 1 atom stereocenters. The summed E-state index contributed by atoms with van der Waals surface area (Å²) in [5.41, 5.74) is 0. The van der Waals surface area contributed by atoms with Gasteiger partial charge in [-0.15, -0.1) is 5.10 Å². The van der Waals surface area contributed by atoms with Crippen LogP contribution in [0.3, 0.4) is 0 Å². The molecule has 1 aromatic heterocycles. The Morgan fingerprint density at radius 2 is 2.33 bits per heavy atom. The second-order valence-corrected chi connectivity index (χ2v) is 6.42. The van der Waals surface area contributed by atoms with Crippen LogP contribution < -0.4 is 5.32 Å². The molecule has 120 valence electrons. The Labute approximate surface area is 130 Å². The first-order valence-corrected chi connectivity index (χ1v) is 8.64. The van der Waals surface area contributed by atoms with Crippen LogP contribution in [0, 0.1) is 0 Å². The second-order valence-electron chi connectivity index (χ2n) is 5.43. The summed E-state index contributed by atoms with van der Waals surface area (Å²) in [6, 6.07) is 0.576. The summed E-state index contributed by atoms with van der Waals surface area (Å²) < 4.78 is 7.70.